The Labute approximate surface area is 236 Å². The molecule has 0 bridgehead atoms. The molecule has 2 amide bonds. The highest BCUT2D eigenvalue weighted by Crippen LogP contribution is 2.41. The molecule has 2 atom stereocenters. The summed E-state index contributed by atoms with van der Waals surface area (Å²) in [6.07, 6.45) is -6.06. The zero-order chi connectivity index (χ0) is 28.4. The van der Waals surface area contributed by atoms with Gasteiger partial charge < -0.3 is 10.6 Å². The summed E-state index contributed by atoms with van der Waals surface area (Å²) in [6, 6.07) is 5.07. The summed E-state index contributed by atoms with van der Waals surface area (Å²) in [5.74, 6) is -4.03. The van der Waals surface area contributed by atoms with Crippen LogP contribution in [0.5, 0.6) is 0 Å². The Hall–Kier alpha value is -1.95. The minimum Gasteiger partial charge on any atom is -0.345 e. The molecule has 0 radical (unpaired) electrons. The summed E-state index contributed by atoms with van der Waals surface area (Å²) in [5.41, 5.74) is 0.119. The van der Waals surface area contributed by atoms with Crippen molar-refractivity contribution in [2.75, 3.05) is 6.54 Å². The van der Waals surface area contributed by atoms with Gasteiger partial charge in [0.1, 0.15) is 12.6 Å². The Morgan fingerprint density at radius 2 is 1.63 bits per heavy atom. The monoisotopic (exact) mass is 664 g/mol. The quantitative estimate of drug-likeness (QED) is 0.222. The predicted octanol–water partition coefficient (Wildman–Crippen LogP) is 7.96. The number of amides is 2. The first kappa shape index (κ1) is 30.6. The highest BCUT2D eigenvalue weighted by atomic mass is 79.9. The smallest absolute Gasteiger partial charge is 0.345 e. The van der Waals surface area contributed by atoms with Gasteiger partial charge in [0.05, 0.1) is 26.5 Å². The maximum atomic E-state index is 13.8. The fourth-order valence-corrected chi connectivity index (χ4v) is 4.72. The van der Waals surface area contributed by atoms with Crippen molar-refractivity contribution in [1.29, 1.82) is 0 Å². The minimum atomic E-state index is -4.68. The zero-order valence-electron chi connectivity index (χ0n) is 19.0. The molecule has 0 spiro atoms. The Kier molecular flexibility index (Phi) is 9.71. The SMILES string of the molecule is O=C(NC(C(=O)NCC(F)(F)F)C1CC1)c1ccc(/C=C/C(c2cc(Cl)c(Cl)c(Cl)c2)C(F)(F)F)cc1Br. The van der Waals surface area contributed by atoms with Crippen molar-refractivity contribution in [3.63, 3.8) is 0 Å². The van der Waals surface area contributed by atoms with E-state index in [0.717, 1.165) is 18.2 Å². The van der Waals surface area contributed by atoms with Gasteiger partial charge in [0.2, 0.25) is 5.91 Å². The van der Waals surface area contributed by atoms with E-state index in [4.69, 9.17) is 34.8 Å². The number of benzene rings is 2. The van der Waals surface area contributed by atoms with Gasteiger partial charge in [-0.2, -0.15) is 26.3 Å². The molecular formula is C24H18BrCl3F6N2O2. The van der Waals surface area contributed by atoms with Crippen LogP contribution < -0.4 is 10.6 Å². The molecule has 2 N–H and O–H groups in total. The lowest BCUT2D eigenvalue weighted by Crippen LogP contribution is -2.50. The van der Waals surface area contributed by atoms with Gasteiger partial charge in [0.15, 0.2) is 0 Å². The van der Waals surface area contributed by atoms with E-state index in [1.807, 2.05) is 0 Å². The Morgan fingerprint density at radius 1 is 1.03 bits per heavy atom. The number of carbonyl (C=O) groups excluding carboxylic acids is 2. The second-order valence-electron chi connectivity index (χ2n) is 8.54. The van der Waals surface area contributed by atoms with E-state index < -0.39 is 42.7 Å². The lowest BCUT2D eigenvalue weighted by atomic mass is 9.97. The fraction of sp³-hybridized carbons (Fsp3) is 0.333. The van der Waals surface area contributed by atoms with Crippen molar-refractivity contribution >= 4 is 68.6 Å². The summed E-state index contributed by atoms with van der Waals surface area (Å²) in [6.45, 7) is -1.52. The summed E-state index contributed by atoms with van der Waals surface area (Å²) in [5, 5.41) is 3.89. The molecule has 0 saturated heterocycles. The third-order valence-corrected chi connectivity index (χ3v) is 7.42. The maximum absolute atomic E-state index is 13.8. The lowest BCUT2D eigenvalue weighted by Gasteiger charge is -2.19. The molecule has 2 aromatic carbocycles. The molecule has 1 aliphatic rings. The normalized spacial score (nSPS) is 15.8. The molecule has 38 heavy (non-hydrogen) atoms. The van der Waals surface area contributed by atoms with Gasteiger partial charge in [0.25, 0.3) is 5.91 Å². The average molecular weight is 667 g/mol. The molecule has 4 nitrogen and oxygen atoms in total. The Morgan fingerprint density at radius 3 is 2.13 bits per heavy atom. The molecule has 0 aromatic heterocycles. The standard InChI is InChI=1S/C24H18BrCl3F6N2O2/c25-16-7-11(2-6-15(24(32,33)34)13-8-17(26)19(28)18(27)9-13)1-5-14(16)21(37)36-20(12-3-4-12)22(38)35-10-23(29,30)31/h1-2,5-9,12,15,20H,3-4,10H2,(H,35,38)(H,36,37)/b6-2+. The van der Waals surface area contributed by atoms with Crippen LogP contribution in [0.25, 0.3) is 6.08 Å². The fourth-order valence-electron chi connectivity index (χ4n) is 3.53. The Balaban J connectivity index is 1.77. The molecular weight excluding hydrogens is 649 g/mol. The third-order valence-electron chi connectivity index (χ3n) is 5.56. The summed E-state index contributed by atoms with van der Waals surface area (Å²) < 4.78 is 78.9. The van der Waals surface area contributed by atoms with E-state index in [1.54, 1.807) is 5.32 Å². The number of nitrogens with one attached hydrogen (secondary N) is 2. The lowest BCUT2D eigenvalue weighted by molar-refractivity contribution is -0.139. The molecule has 1 saturated carbocycles. The largest absolute Gasteiger partial charge is 0.405 e. The van der Waals surface area contributed by atoms with Crippen LogP contribution >= 0.6 is 50.7 Å². The van der Waals surface area contributed by atoms with Crippen LogP contribution in [0.4, 0.5) is 26.3 Å². The van der Waals surface area contributed by atoms with Gasteiger partial charge in [-0.05, 0) is 70.1 Å². The molecule has 1 fully saturated rings. The van der Waals surface area contributed by atoms with E-state index in [1.165, 1.54) is 24.3 Å². The number of alkyl halides is 6. The molecule has 3 rings (SSSR count). The predicted molar refractivity (Wildman–Crippen MR) is 136 cm³/mol. The van der Waals surface area contributed by atoms with Crippen molar-refractivity contribution in [3.05, 3.63) is 72.6 Å². The van der Waals surface area contributed by atoms with Gasteiger partial charge in [-0.1, -0.05) is 53.0 Å². The first-order valence-electron chi connectivity index (χ1n) is 10.9. The average Bonchev–Trinajstić information content (AvgIpc) is 3.63. The van der Waals surface area contributed by atoms with Gasteiger partial charge in [-0.3, -0.25) is 9.59 Å². The van der Waals surface area contributed by atoms with Crippen LogP contribution in [0.1, 0.15) is 40.2 Å². The molecule has 206 valence electrons. The second kappa shape index (κ2) is 12.1. The first-order chi connectivity index (χ1) is 17.6. The van der Waals surface area contributed by atoms with Crippen LogP contribution in [-0.4, -0.2) is 36.8 Å². The summed E-state index contributed by atoms with van der Waals surface area (Å²) in [4.78, 5) is 25.0. The molecule has 0 aliphatic heterocycles. The van der Waals surface area contributed by atoms with E-state index in [-0.39, 0.29) is 36.6 Å². The number of halogens is 10. The van der Waals surface area contributed by atoms with Crippen LogP contribution in [0.15, 0.2) is 40.9 Å². The van der Waals surface area contributed by atoms with Crippen LogP contribution in [0.2, 0.25) is 15.1 Å². The summed E-state index contributed by atoms with van der Waals surface area (Å²) in [7, 11) is 0. The number of rotatable bonds is 8. The highest BCUT2D eigenvalue weighted by Gasteiger charge is 2.40. The van der Waals surface area contributed by atoms with E-state index in [2.05, 4.69) is 21.2 Å². The minimum absolute atomic E-state index is 0.0417. The van der Waals surface area contributed by atoms with Crippen LogP contribution in [-0.2, 0) is 4.79 Å². The van der Waals surface area contributed by atoms with E-state index >= 15 is 0 Å². The number of hydrogen-bond acceptors (Lipinski definition) is 2. The number of carbonyl (C=O) groups is 2. The third kappa shape index (κ3) is 8.27. The van der Waals surface area contributed by atoms with Crippen molar-refractivity contribution < 1.29 is 35.9 Å². The van der Waals surface area contributed by atoms with Crippen molar-refractivity contribution in [1.82, 2.24) is 10.6 Å². The van der Waals surface area contributed by atoms with Crippen molar-refractivity contribution in [2.45, 2.75) is 37.2 Å². The molecule has 2 unspecified atom stereocenters. The van der Waals surface area contributed by atoms with Gasteiger partial charge in [-0.15, -0.1) is 0 Å². The van der Waals surface area contributed by atoms with Gasteiger partial charge in [-0.25, -0.2) is 0 Å². The zero-order valence-corrected chi connectivity index (χ0v) is 22.8. The maximum Gasteiger partial charge on any atom is 0.405 e. The van der Waals surface area contributed by atoms with Gasteiger partial charge >= 0.3 is 12.4 Å². The summed E-state index contributed by atoms with van der Waals surface area (Å²) >= 11 is 20.8. The molecule has 1 aliphatic carbocycles. The van der Waals surface area contributed by atoms with Crippen LogP contribution in [0, 0.1) is 5.92 Å². The van der Waals surface area contributed by atoms with Gasteiger partial charge in [0, 0.05) is 4.47 Å². The molecule has 14 heteroatoms. The Bertz CT molecular complexity index is 1230. The first-order valence-corrected chi connectivity index (χ1v) is 12.8. The number of hydrogen-bond donors (Lipinski definition) is 2. The van der Waals surface area contributed by atoms with Crippen molar-refractivity contribution in [3.8, 4) is 0 Å². The topological polar surface area (TPSA) is 58.2 Å². The van der Waals surface area contributed by atoms with Crippen LogP contribution in [0.3, 0.4) is 0 Å². The molecule has 2 aromatic rings. The van der Waals surface area contributed by atoms with Crippen molar-refractivity contribution in [2.24, 2.45) is 5.92 Å². The van der Waals surface area contributed by atoms with E-state index in [9.17, 15) is 35.9 Å². The molecule has 0 heterocycles. The van der Waals surface area contributed by atoms with E-state index in [0.29, 0.717) is 18.4 Å². The number of allylic oxidation sites excluding steroid dienone is 1. The second-order valence-corrected chi connectivity index (χ2v) is 10.6. The highest BCUT2D eigenvalue weighted by molar-refractivity contribution is 9.10.